The molecule has 0 aliphatic rings. The van der Waals surface area contributed by atoms with Gasteiger partial charge < -0.3 is 9.15 Å². The molecule has 0 aliphatic carbocycles. The highest BCUT2D eigenvalue weighted by Gasteiger charge is 2.10. The third-order valence-corrected chi connectivity index (χ3v) is 2.50. The molecular formula is C12H16N4O3. The number of nitrogens with one attached hydrogen (secondary N) is 1. The Balaban J connectivity index is 1.94. The number of nitrogens with two attached hydrogens (primary N) is 1. The van der Waals surface area contributed by atoms with Crippen molar-refractivity contribution < 1.29 is 13.9 Å². The quantitative estimate of drug-likeness (QED) is 0.481. The first-order valence-electron chi connectivity index (χ1n) is 5.86. The van der Waals surface area contributed by atoms with Gasteiger partial charge in [0.2, 0.25) is 0 Å². The average molecular weight is 264 g/mol. The maximum atomic E-state index is 11.2. The van der Waals surface area contributed by atoms with Gasteiger partial charge in [-0.1, -0.05) is 0 Å². The van der Waals surface area contributed by atoms with Crippen LogP contribution in [0.5, 0.6) is 5.75 Å². The highest BCUT2D eigenvalue weighted by Crippen LogP contribution is 2.15. The van der Waals surface area contributed by atoms with Crippen molar-refractivity contribution in [2.45, 2.75) is 26.5 Å². The molecule has 0 saturated carbocycles. The number of furan rings is 1. The van der Waals surface area contributed by atoms with E-state index < -0.39 is 5.91 Å². The number of carbonyl (C=O) groups excluding carboxylic acids is 1. The number of hydrogen-bond acceptors (Lipinski definition) is 5. The Labute approximate surface area is 110 Å². The SMILES string of the molecule is CC(C)n1cc(OCc2ccc(C(=O)NN)o2)cn1. The number of hydrogen-bond donors (Lipinski definition) is 2. The second-order valence-electron chi connectivity index (χ2n) is 4.28. The maximum Gasteiger partial charge on any atom is 0.300 e. The van der Waals surface area contributed by atoms with Gasteiger partial charge in [-0.15, -0.1) is 0 Å². The summed E-state index contributed by atoms with van der Waals surface area (Å²) < 4.78 is 12.6. The Kier molecular flexibility index (Phi) is 3.86. The van der Waals surface area contributed by atoms with Crippen molar-refractivity contribution in [2.75, 3.05) is 0 Å². The summed E-state index contributed by atoms with van der Waals surface area (Å²) in [4.78, 5) is 11.2. The first-order valence-corrected chi connectivity index (χ1v) is 5.86. The fourth-order valence-electron chi connectivity index (χ4n) is 1.48. The summed E-state index contributed by atoms with van der Waals surface area (Å²) in [6.45, 7) is 4.28. The van der Waals surface area contributed by atoms with Gasteiger partial charge in [0.25, 0.3) is 0 Å². The van der Waals surface area contributed by atoms with Crippen LogP contribution in [0.1, 0.15) is 36.2 Å². The molecule has 0 spiro atoms. The minimum atomic E-state index is -0.473. The van der Waals surface area contributed by atoms with Crippen LogP contribution in [0.4, 0.5) is 0 Å². The summed E-state index contributed by atoms with van der Waals surface area (Å²) >= 11 is 0. The smallest absolute Gasteiger partial charge is 0.300 e. The second kappa shape index (κ2) is 5.57. The molecule has 0 unspecified atom stereocenters. The molecule has 0 radical (unpaired) electrons. The zero-order valence-electron chi connectivity index (χ0n) is 10.8. The molecule has 0 bridgehead atoms. The van der Waals surface area contributed by atoms with Crippen molar-refractivity contribution >= 4 is 5.91 Å². The van der Waals surface area contributed by atoms with E-state index in [0.717, 1.165) is 0 Å². The molecule has 2 aromatic rings. The number of aromatic nitrogens is 2. The predicted octanol–water partition coefficient (Wildman–Crippen LogP) is 1.24. The van der Waals surface area contributed by atoms with Crippen LogP contribution in [-0.2, 0) is 6.61 Å². The minimum Gasteiger partial charge on any atom is -0.482 e. The van der Waals surface area contributed by atoms with E-state index in [1.807, 2.05) is 19.3 Å². The molecule has 7 nitrogen and oxygen atoms in total. The number of amides is 1. The molecule has 0 aliphatic heterocycles. The Morgan fingerprint density at radius 2 is 2.37 bits per heavy atom. The van der Waals surface area contributed by atoms with Gasteiger partial charge in [-0.2, -0.15) is 5.10 Å². The van der Waals surface area contributed by atoms with Crippen LogP contribution >= 0.6 is 0 Å². The maximum absolute atomic E-state index is 11.2. The van der Waals surface area contributed by atoms with Gasteiger partial charge in [-0.05, 0) is 26.0 Å². The molecule has 102 valence electrons. The molecule has 0 saturated heterocycles. The number of nitrogen functional groups attached to an aromatic ring is 1. The van der Waals surface area contributed by atoms with Crippen molar-refractivity contribution in [3.63, 3.8) is 0 Å². The lowest BCUT2D eigenvalue weighted by molar-refractivity contribution is 0.0922. The summed E-state index contributed by atoms with van der Waals surface area (Å²) in [7, 11) is 0. The van der Waals surface area contributed by atoms with Crippen molar-refractivity contribution in [1.29, 1.82) is 0 Å². The normalized spacial score (nSPS) is 10.7. The average Bonchev–Trinajstić information content (AvgIpc) is 3.04. The topological polar surface area (TPSA) is 95.3 Å². The van der Waals surface area contributed by atoms with Gasteiger partial charge in [0.15, 0.2) is 11.5 Å². The summed E-state index contributed by atoms with van der Waals surface area (Å²) in [6, 6.07) is 3.48. The Hall–Kier alpha value is -2.28. The molecular weight excluding hydrogens is 248 g/mol. The summed E-state index contributed by atoms with van der Waals surface area (Å²) in [5, 5.41) is 4.16. The van der Waals surface area contributed by atoms with Crippen molar-refractivity contribution in [1.82, 2.24) is 15.2 Å². The summed E-state index contributed by atoms with van der Waals surface area (Å²) in [6.07, 6.45) is 3.44. The van der Waals surface area contributed by atoms with E-state index in [-0.39, 0.29) is 18.4 Å². The van der Waals surface area contributed by atoms with Gasteiger partial charge in [0, 0.05) is 6.04 Å². The lowest BCUT2D eigenvalue weighted by atomic mass is 10.4. The van der Waals surface area contributed by atoms with Crippen LogP contribution in [-0.4, -0.2) is 15.7 Å². The molecule has 3 N–H and O–H groups in total. The lowest BCUT2D eigenvalue weighted by Crippen LogP contribution is -2.29. The predicted molar refractivity (Wildman–Crippen MR) is 67.3 cm³/mol. The minimum absolute atomic E-state index is 0.152. The van der Waals surface area contributed by atoms with E-state index in [9.17, 15) is 4.79 Å². The molecule has 2 heterocycles. The standard InChI is InChI=1S/C12H16N4O3/c1-8(2)16-6-10(5-14-16)18-7-9-3-4-11(19-9)12(17)15-13/h3-6,8H,7,13H2,1-2H3,(H,15,17). The van der Waals surface area contributed by atoms with Crippen LogP contribution in [0.25, 0.3) is 0 Å². The first kappa shape index (κ1) is 13.2. The lowest BCUT2D eigenvalue weighted by Gasteiger charge is -2.03. The van der Waals surface area contributed by atoms with Gasteiger partial charge in [-0.25, -0.2) is 5.84 Å². The molecule has 1 amide bonds. The third kappa shape index (κ3) is 3.14. The summed E-state index contributed by atoms with van der Waals surface area (Å²) in [5.74, 6) is 5.87. The Morgan fingerprint density at radius 1 is 1.58 bits per heavy atom. The number of ether oxygens (including phenoxy) is 1. The van der Waals surface area contributed by atoms with Crippen LogP contribution < -0.4 is 16.0 Å². The van der Waals surface area contributed by atoms with Gasteiger partial charge >= 0.3 is 5.91 Å². The first-order chi connectivity index (χ1) is 9.10. The van der Waals surface area contributed by atoms with Crippen LogP contribution in [0.3, 0.4) is 0 Å². The number of rotatable bonds is 5. The van der Waals surface area contributed by atoms with E-state index in [4.69, 9.17) is 15.0 Å². The van der Waals surface area contributed by atoms with E-state index >= 15 is 0 Å². The zero-order chi connectivity index (χ0) is 13.8. The van der Waals surface area contributed by atoms with Gasteiger partial charge in [-0.3, -0.25) is 14.9 Å². The van der Waals surface area contributed by atoms with Crippen LogP contribution in [0.2, 0.25) is 0 Å². The van der Waals surface area contributed by atoms with Crippen LogP contribution in [0.15, 0.2) is 28.9 Å². The monoisotopic (exact) mass is 264 g/mol. The van der Waals surface area contributed by atoms with E-state index in [1.54, 1.807) is 29.2 Å². The molecule has 0 atom stereocenters. The fraction of sp³-hybridized carbons (Fsp3) is 0.333. The van der Waals surface area contributed by atoms with Crippen molar-refractivity contribution in [3.8, 4) is 5.75 Å². The van der Waals surface area contributed by atoms with Crippen molar-refractivity contribution in [3.05, 3.63) is 36.0 Å². The molecule has 2 rings (SSSR count). The zero-order valence-corrected chi connectivity index (χ0v) is 10.8. The molecule has 0 fully saturated rings. The number of nitrogens with zero attached hydrogens (tertiary/aromatic N) is 2. The van der Waals surface area contributed by atoms with E-state index in [0.29, 0.717) is 11.5 Å². The number of hydrazine groups is 1. The summed E-state index contributed by atoms with van der Waals surface area (Å²) in [5.41, 5.74) is 2.00. The van der Waals surface area contributed by atoms with E-state index in [1.165, 1.54) is 0 Å². The van der Waals surface area contributed by atoms with Crippen molar-refractivity contribution in [2.24, 2.45) is 5.84 Å². The second-order valence-corrected chi connectivity index (χ2v) is 4.28. The molecule has 19 heavy (non-hydrogen) atoms. The van der Waals surface area contributed by atoms with Gasteiger partial charge in [0.1, 0.15) is 12.4 Å². The fourth-order valence-corrected chi connectivity index (χ4v) is 1.48. The Morgan fingerprint density at radius 3 is 3.00 bits per heavy atom. The Bertz CT molecular complexity index is 559. The van der Waals surface area contributed by atoms with Gasteiger partial charge in [0.05, 0.1) is 12.4 Å². The highest BCUT2D eigenvalue weighted by atomic mass is 16.5. The molecule has 7 heteroatoms. The number of carbonyl (C=O) groups is 1. The van der Waals surface area contributed by atoms with Crippen LogP contribution in [0, 0.1) is 0 Å². The third-order valence-electron chi connectivity index (χ3n) is 2.50. The molecule has 0 aromatic carbocycles. The highest BCUT2D eigenvalue weighted by molar-refractivity contribution is 5.90. The molecule has 2 aromatic heterocycles. The largest absolute Gasteiger partial charge is 0.482 e. The van der Waals surface area contributed by atoms with E-state index in [2.05, 4.69) is 5.10 Å².